The number of rotatable bonds is 3. The van der Waals surface area contributed by atoms with E-state index >= 15 is 0 Å². The van der Waals surface area contributed by atoms with Crippen LogP contribution < -0.4 is 15.8 Å². The third-order valence-corrected chi connectivity index (χ3v) is 4.81. The quantitative estimate of drug-likeness (QED) is 0.896. The van der Waals surface area contributed by atoms with Gasteiger partial charge in [0.1, 0.15) is 5.56 Å². The minimum absolute atomic E-state index is 0.178. The molecular weight excluding hydrogens is 318 g/mol. The summed E-state index contributed by atoms with van der Waals surface area (Å²) in [5, 5.41) is 2.85. The minimum Gasteiger partial charge on any atom is -0.378 e. The summed E-state index contributed by atoms with van der Waals surface area (Å²) in [6.45, 7) is 3.09. The van der Waals surface area contributed by atoms with Crippen LogP contribution in [0, 0.1) is 0 Å². The number of aromatic nitrogens is 1. The highest BCUT2D eigenvalue weighted by molar-refractivity contribution is 6.04. The van der Waals surface area contributed by atoms with Gasteiger partial charge in [0.15, 0.2) is 0 Å². The van der Waals surface area contributed by atoms with Crippen molar-refractivity contribution >= 4 is 17.3 Å². The van der Waals surface area contributed by atoms with Crippen molar-refractivity contribution in [3.8, 4) is 0 Å². The Bertz CT molecular complexity index is 853. The molecule has 0 unspecified atom stereocenters. The molecule has 1 saturated heterocycles. The van der Waals surface area contributed by atoms with Crippen molar-refractivity contribution in [2.75, 3.05) is 36.5 Å². The van der Waals surface area contributed by atoms with Crippen molar-refractivity contribution in [3.63, 3.8) is 0 Å². The number of benzene rings is 1. The zero-order valence-corrected chi connectivity index (χ0v) is 14.0. The number of ether oxygens (including phenoxy) is 1. The van der Waals surface area contributed by atoms with Gasteiger partial charge in [-0.3, -0.25) is 9.59 Å². The van der Waals surface area contributed by atoms with Crippen molar-refractivity contribution < 1.29 is 9.53 Å². The van der Waals surface area contributed by atoms with E-state index in [0.29, 0.717) is 18.9 Å². The van der Waals surface area contributed by atoms with Gasteiger partial charge in [0, 0.05) is 30.2 Å². The summed E-state index contributed by atoms with van der Waals surface area (Å²) in [5.41, 5.74) is 3.64. The molecule has 0 atom stereocenters. The summed E-state index contributed by atoms with van der Waals surface area (Å²) in [5.74, 6) is -0.366. The predicted octanol–water partition coefficient (Wildman–Crippen LogP) is 1.95. The van der Waals surface area contributed by atoms with Gasteiger partial charge in [-0.25, -0.2) is 0 Å². The van der Waals surface area contributed by atoms with E-state index in [-0.39, 0.29) is 17.0 Å². The molecule has 1 aromatic heterocycles. The van der Waals surface area contributed by atoms with E-state index < -0.39 is 0 Å². The highest BCUT2D eigenvalue weighted by atomic mass is 16.5. The molecule has 2 heterocycles. The number of carbonyl (C=O) groups excluding carboxylic acids is 1. The summed E-state index contributed by atoms with van der Waals surface area (Å²) in [6, 6.07) is 9.44. The average Bonchev–Trinajstić information content (AvgIpc) is 3.09. The number of fused-ring (bicyclic) bond motifs is 1. The zero-order chi connectivity index (χ0) is 17.2. The number of carbonyl (C=O) groups is 1. The first-order valence-electron chi connectivity index (χ1n) is 8.70. The molecule has 0 saturated carbocycles. The molecule has 6 nitrogen and oxygen atoms in total. The van der Waals surface area contributed by atoms with Gasteiger partial charge in [0.2, 0.25) is 0 Å². The zero-order valence-electron chi connectivity index (χ0n) is 14.0. The number of aromatic amines is 1. The van der Waals surface area contributed by atoms with Crippen LogP contribution in [0.3, 0.4) is 0 Å². The van der Waals surface area contributed by atoms with Crippen LogP contribution in [0.5, 0.6) is 0 Å². The molecular formula is C19H21N3O3. The Morgan fingerprint density at radius 1 is 1.16 bits per heavy atom. The van der Waals surface area contributed by atoms with Gasteiger partial charge in [-0.1, -0.05) is 6.07 Å². The van der Waals surface area contributed by atoms with Gasteiger partial charge in [0.25, 0.3) is 11.5 Å². The molecule has 2 aromatic rings. The average molecular weight is 339 g/mol. The molecule has 6 heteroatoms. The predicted molar refractivity (Wildman–Crippen MR) is 96.5 cm³/mol. The molecule has 1 fully saturated rings. The number of hydrogen-bond donors (Lipinski definition) is 2. The van der Waals surface area contributed by atoms with Crippen LogP contribution >= 0.6 is 0 Å². The van der Waals surface area contributed by atoms with Gasteiger partial charge in [0.05, 0.1) is 13.2 Å². The normalized spacial score (nSPS) is 16.6. The van der Waals surface area contributed by atoms with Crippen LogP contribution in [-0.2, 0) is 17.6 Å². The first kappa shape index (κ1) is 15.9. The van der Waals surface area contributed by atoms with E-state index in [1.165, 1.54) is 0 Å². The highest BCUT2D eigenvalue weighted by Crippen LogP contribution is 2.22. The third kappa shape index (κ3) is 3.30. The molecule has 0 bridgehead atoms. The maximum absolute atomic E-state index is 12.6. The van der Waals surface area contributed by atoms with Gasteiger partial charge in [-0.2, -0.15) is 0 Å². The summed E-state index contributed by atoms with van der Waals surface area (Å²) in [6.07, 6.45) is 2.82. The number of anilines is 2. The summed E-state index contributed by atoms with van der Waals surface area (Å²) in [4.78, 5) is 29.8. The second-order valence-corrected chi connectivity index (χ2v) is 6.47. The standard InChI is InChI=1S/C19H21N3O3/c23-18(16-11-13-3-1-6-17(13)21-19(16)24)20-14-4-2-5-15(12-14)22-7-9-25-10-8-22/h2,4-5,11-12H,1,3,6-10H2,(H,20,23)(H,21,24). The Kier molecular flexibility index (Phi) is 4.28. The van der Waals surface area contributed by atoms with Gasteiger partial charge >= 0.3 is 0 Å². The number of aryl methyl sites for hydroxylation is 2. The summed E-state index contributed by atoms with van der Waals surface area (Å²) >= 11 is 0. The maximum atomic E-state index is 12.6. The third-order valence-electron chi connectivity index (χ3n) is 4.81. The second-order valence-electron chi connectivity index (χ2n) is 6.47. The lowest BCUT2D eigenvalue weighted by atomic mass is 10.1. The maximum Gasteiger partial charge on any atom is 0.261 e. The smallest absolute Gasteiger partial charge is 0.261 e. The fraction of sp³-hybridized carbons (Fsp3) is 0.368. The minimum atomic E-state index is -0.366. The fourth-order valence-electron chi connectivity index (χ4n) is 3.48. The second kappa shape index (κ2) is 6.72. The van der Waals surface area contributed by atoms with Crippen LogP contribution in [0.25, 0.3) is 0 Å². The SMILES string of the molecule is O=C(Nc1cccc(N2CCOCC2)c1)c1cc2c([nH]c1=O)CCC2. The molecule has 2 aliphatic rings. The van der Waals surface area contributed by atoms with Crippen LogP contribution in [0.15, 0.2) is 35.1 Å². The van der Waals surface area contributed by atoms with Crippen molar-refractivity contribution in [1.29, 1.82) is 0 Å². The Morgan fingerprint density at radius 2 is 2.00 bits per heavy atom. The number of hydrogen-bond acceptors (Lipinski definition) is 4. The van der Waals surface area contributed by atoms with Gasteiger partial charge in [-0.05, 0) is 49.1 Å². The largest absolute Gasteiger partial charge is 0.378 e. The van der Waals surface area contributed by atoms with Crippen molar-refractivity contribution in [3.05, 3.63) is 57.5 Å². The fourth-order valence-corrected chi connectivity index (χ4v) is 3.48. The topological polar surface area (TPSA) is 74.4 Å². The summed E-state index contributed by atoms with van der Waals surface area (Å²) in [7, 11) is 0. The van der Waals surface area contributed by atoms with E-state index in [1.807, 2.05) is 24.3 Å². The molecule has 0 spiro atoms. The van der Waals surface area contributed by atoms with Gasteiger partial charge in [-0.15, -0.1) is 0 Å². The Labute approximate surface area is 145 Å². The van der Waals surface area contributed by atoms with Crippen molar-refractivity contribution in [2.45, 2.75) is 19.3 Å². The van der Waals surface area contributed by atoms with E-state index in [2.05, 4.69) is 15.2 Å². The molecule has 4 rings (SSSR count). The highest BCUT2D eigenvalue weighted by Gasteiger charge is 2.18. The molecule has 0 radical (unpaired) electrons. The molecule has 1 aliphatic carbocycles. The molecule has 2 N–H and O–H groups in total. The number of pyridine rings is 1. The lowest BCUT2D eigenvalue weighted by Crippen LogP contribution is -2.36. The van der Waals surface area contributed by atoms with Crippen LogP contribution in [0.1, 0.15) is 28.0 Å². The summed E-state index contributed by atoms with van der Waals surface area (Å²) < 4.78 is 5.37. The number of H-pyrrole nitrogens is 1. The monoisotopic (exact) mass is 339 g/mol. The number of nitrogens with one attached hydrogen (secondary N) is 2. The number of nitrogens with zero attached hydrogens (tertiary/aromatic N) is 1. The lowest BCUT2D eigenvalue weighted by Gasteiger charge is -2.29. The Hall–Kier alpha value is -2.60. The Balaban J connectivity index is 1.54. The van der Waals surface area contributed by atoms with Crippen LogP contribution in [0.4, 0.5) is 11.4 Å². The van der Waals surface area contributed by atoms with E-state index in [0.717, 1.165) is 49.3 Å². The first-order valence-corrected chi connectivity index (χ1v) is 8.70. The van der Waals surface area contributed by atoms with E-state index in [1.54, 1.807) is 6.07 Å². The lowest BCUT2D eigenvalue weighted by molar-refractivity contribution is 0.102. The van der Waals surface area contributed by atoms with Crippen molar-refractivity contribution in [1.82, 2.24) is 4.98 Å². The van der Waals surface area contributed by atoms with E-state index in [4.69, 9.17) is 4.74 Å². The van der Waals surface area contributed by atoms with E-state index in [9.17, 15) is 9.59 Å². The van der Waals surface area contributed by atoms with Crippen molar-refractivity contribution in [2.24, 2.45) is 0 Å². The molecule has 130 valence electrons. The van der Waals surface area contributed by atoms with Crippen LogP contribution in [0.2, 0.25) is 0 Å². The molecule has 1 aliphatic heterocycles. The Morgan fingerprint density at radius 3 is 2.84 bits per heavy atom. The van der Waals surface area contributed by atoms with Crippen LogP contribution in [-0.4, -0.2) is 37.2 Å². The number of morpholine rings is 1. The molecule has 1 aromatic carbocycles. The van der Waals surface area contributed by atoms with Gasteiger partial charge < -0.3 is 19.9 Å². The number of amides is 1. The first-order chi connectivity index (χ1) is 12.2. The molecule has 1 amide bonds. The molecule has 25 heavy (non-hydrogen) atoms.